The second kappa shape index (κ2) is 8.29. The van der Waals surface area contributed by atoms with Crippen molar-refractivity contribution in [2.45, 2.75) is 53.0 Å². The highest BCUT2D eigenvalue weighted by Crippen LogP contribution is 2.21. The van der Waals surface area contributed by atoms with Crippen molar-refractivity contribution in [3.8, 4) is 0 Å². The maximum atomic E-state index is 5.51. The average molecular weight is 341 g/mol. The molecular weight excluding hydrogens is 312 g/mol. The maximum Gasteiger partial charge on any atom is 0.171 e. The molecule has 0 heterocycles. The van der Waals surface area contributed by atoms with Crippen LogP contribution in [0.5, 0.6) is 0 Å². The SMILES string of the molecule is CCC(NC(=S)Nc1cc(C)cc(C)c1)c1ccc(C(C)C)cc1. The molecule has 2 N–H and O–H groups in total. The fourth-order valence-corrected chi connectivity index (χ4v) is 3.17. The lowest BCUT2D eigenvalue weighted by atomic mass is 9.98. The van der Waals surface area contributed by atoms with Crippen molar-refractivity contribution in [3.63, 3.8) is 0 Å². The predicted octanol–water partition coefficient (Wildman–Crippen LogP) is 5.86. The zero-order valence-corrected chi connectivity index (χ0v) is 16.1. The highest BCUT2D eigenvalue weighted by Gasteiger charge is 2.11. The fraction of sp³-hybridized carbons (Fsp3) is 0.381. The first-order chi connectivity index (χ1) is 11.4. The number of thiocarbonyl (C=S) groups is 1. The molecule has 2 aromatic rings. The molecule has 0 aliphatic carbocycles. The van der Waals surface area contributed by atoms with Crippen molar-refractivity contribution in [1.82, 2.24) is 5.32 Å². The molecular formula is C21H28N2S. The summed E-state index contributed by atoms with van der Waals surface area (Å²) < 4.78 is 0. The summed E-state index contributed by atoms with van der Waals surface area (Å²) in [5, 5.41) is 7.41. The van der Waals surface area contributed by atoms with E-state index in [-0.39, 0.29) is 6.04 Å². The third-order valence-electron chi connectivity index (χ3n) is 4.20. The number of anilines is 1. The van der Waals surface area contributed by atoms with Gasteiger partial charge in [0.2, 0.25) is 0 Å². The van der Waals surface area contributed by atoms with Gasteiger partial charge < -0.3 is 10.6 Å². The van der Waals surface area contributed by atoms with Crippen LogP contribution in [0.25, 0.3) is 0 Å². The quantitative estimate of drug-likeness (QED) is 0.666. The summed E-state index contributed by atoms with van der Waals surface area (Å²) in [7, 11) is 0. The molecule has 24 heavy (non-hydrogen) atoms. The van der Waals surface area contributed by atoms with Gasteiger partial charge in [0, 0.05) is 5.69 Å². The molecule has 0 saturated carbocycles. The van der Waals surface area contributed by atoms with Crippen LogP contribution in [0.1, 0.15) is 61.4 Å². The molecule has 1 atom stereocenters. The van der Waals surface area contributed by atoms with Gasteiger partial charge in [-0.2, -0.15) is 0 Å². The number of rotatable bonds is 5. The number of hydrogen-bond acceptors (Lipinski definition) is 1. The summed E-state index contributed by atoms with van der Waals surface area (Å²) in [5.74, 6) is 0.555. The van der Waals surface area contributed by atoms with E-state index in [1.807, 2.05) is 0 Å². The van der Waals surface area contributed by atoms with Crippen LogP contribution in [0.3, 0.4) is 0 Å². The molecule has 0 saturated heterocycles. The fourth-order valence-electron chi connectivity index (χ4n) is 2.91. The Balaban J connectivity index is 2.04. The van der Waals surface area contributed by atoms with Gasteiger partial charge >= 0.3 is 0 Å². The van der Waals surface area contributed by atoms with Crippen molar-refractivity contribution in [3.05, 3.63) is 64.7 Å². The van der Waals surface area contributed by atoms with Gasteiger partial charge in [0.1, 0.15) is 0 Å². The molecule has 1 unspecified atom stereocenters. The predicted molar refractivity (Wildman–Crippen MR) is 109 cm³/mol. The van der Waals surface area contributed by atoms with Gasteiger partial charge in [-0.1, -0.05) is 51.1 Å². The molecule has 0 aliphatic heterocycles. The molecule has 0 aliphatic rings. The number of aryl methyl sites for hydroxylation is 2. The molecule has 3 heteroatoms. The van der Waals surface area contributed by atoms with Crippen LogP contribution in [0.4, 0.5) is 5.69 Å². The van der Waals surface area contributed by atoms with E-state index in [1.54, 1.807) is 0 Å². The summed E-state index contributed by atoms with van der Waals surface area (Å²) in [5.41, 5.74) is 6.14. The lowest BCUT2D eigenvalue weighted by molar-refractivity contribution is 0.628. The monoisotopic (exact) mass is 340 g/mol. The third-order valence-corrected chi connectivity index (χ3v) is 4.42. The lowest BCUT2D eigenvalue weighted by Gasteiger charge is -2.21. The molecule has 0 fully saturated rings. The zero-order chi connectivity index (χ0) is 17.7. The molecule has 128 valence electrons. The Labute approximate surface area is 151 Å². The molecule has 0 bridgehead atoms. The normalized spacial score (nSPS) is 12.1. The Morgan fingerprint density at radius 1 is 0.958 bits per heavy atom. The molecule has 0 spiro atoms. The lowest BCUT2D eigenvalue weighted by Crippen LogP contribution is -2.32. The van der Waals surface area contributed by atoms with Crippen LogP contribution in [-0.4, -0.2) is 5.11 Å². The Morgan fingerprint density at radius 2 is 1.50 bits per heavy atom. The number of nitrogens with one attached hydrogen (secondary N) is 2. The second-order valence-electron chi connectivity index (χ2n) is 6.76. The largest absolute Gasteiger partial charge is 0.356 e. The van der Waals surface area contributed by atoms with E-state index in [0.29, 0.717) is 11.0 Å². The van der Waals surface area contributed by atoms with Crippen LogP contribution in [-0.2, 0) is 0 Å². The summed E-state index contributed by atoms with van der Waals surface area (Å²) in [6.07, 6.45) is 0.982. The van der Waals surface area contributed by atoms with Gasteiger partial charge in [-0.3, -0.25) is 0 Å². The molecule has 2 nitrogen and oxygen atoms in total. The highest BCUT2D eigenvalue weighted by atomic mass is 32.1. The van der Waals surface area contributed by atoms with Gasteiger partial charge in [-0.05, 0) is 72.8 Å². The summed E-state index contributed by atoms with van der Waals surface area (Å²) in [6, 6.07) is 15.4. The van der Waals surface area contributed by atoms with E-state index in [9.17, 15) is 0 Å². The van der Waals surface area contributed by atoms with Crippen LogP contribution in [0, 0.1) is 13.8 Å². The maximum absolute atomic E-state index is 5.51. The highest BCUT2D eigenvalue weighted by molar-refractivity contribution is 7.80. The molecule has 0 aromatic heterocycles. The second-order valence-corrected chi connectivity index (χ2v) is 7.17. The van der Waals surface area contributed by atoms with Gasteiger partial charge in [-0.25, -0.2) is 0 Å². The van der Waals surface area contributed by atoms with Crippen LogP contribution < -0.4 is 10.6 Å². The first-order valence-electron chi connectivity index (χ1n) is 8.64. The molecule has 0 radical (unpaired) electrons. The topological polar surface area (TPSA) is 24.1 Å². The van der Waals surface area contributed by atoms with E-state index in [0.717, 1.165) is 12.1 Å². The Kier molecular flexibility index (Phi) is 6.38. The van der Waals surface area contributed by atoms with Crippen molar-refractivity contribution in [2.24, 2.45) is 0 Å². The first-order valence-corrected chi connectivity index (χ1v) is 9.05. The number of hydrogen-bond donors (Lipinski definition) is 2. The van der Waals surface area contributed by atoms with Gasteiger partial charge in [0.05, 0.1) is 6.04 Å². The van der Waals surface area contributed by atoms with E-state index in [4.69, 9.17) is 12.2 Å². The van der Waals surface area contributed by atoms with E-state index < -0.39 is 0 Å². The van der Waals surface area contributed by atoms with E-state index >= 15 is 0 Å². The minimum absolute atomic E-state index is 0.220. The first kappa shape index (κ1) is 18.5. The summed E-state index contributed by atoms with van der Waals surface area (Å²) >= 11 is 5.51. The molecule has 0 amide bonds. The smallest absolute Gasteiger partial charge is 0.171 e. The van der Waals surface area contributed by atoms with Crippen molar-refractivity contribution in [2.75, 3.05) is 5.32 Å². The van der Waals surface area contributed by atoms with Crippen LogP contribution >= 0.6 is 12.2 Å². The van der Waals surface area contributed by atoms with Crippen LogP contribution in [0.2, 0.25) is 0 Å². The molecule has 2 rings (SSSR count). The van der Waals surface area contributed by atoms with Crippen molar-refractivity contribution >= 4 is 23.0 Å². The Hall–Kier alpha value is -1.87. The van der Waals surface area contributed by atoms with Crippen molar-refractivity contribution in [1.29, 1.82) is 0 Å². The number of benzene rings is 2. The van der Waals surface area contributed by atoms with Gasteiger partial charge in [0.15, 0.2) is 5.11 Å². The summed E-state index contributed by atoms with van der Waals surface area (Å²) in [4.78, 5) is 0. The standard InChI is InChI=1S/C21H28N2S/c1-6-20(18-9-7-17(8-10-18)14(2)3)23-21(24)22-19-12-15(4)11-16(5)13-19/h7-14,20H,6H2,1-5H3,(H2,22,23,24). The third kappa shape index (κ3) is 5.07. The average Bonchev–Trinajstić information content (AvgIpc) is 2.51. The zero-order valence-electron chi connectivity index (χ0n) is 15.3. The Bertz CT molecular complexity index is 669. The Morgan fingerprint density at radius 3 is 2.00 bits per heavy atom. The van der Waals surface area contributed by atoms with Gasteiger partial charge in [-0.15, -0.1) is 0 Å². The van der Waals surface area contributed by atoms with E-state index in [2.05, 4.69) is 87.7 Å². The minimum Gasteiger partial charge on any atom is -0.356 e. The minimum atomic E-state index is 0.220. The van der Waals surface area contributed by atoms with Gasteiger partial charge in [0.25, 0.3) is 0 Å². The summed E-state index contributed by atoms with van der Waals surface area (Å²) in [6.45, 7) is 10.8. The van der Waals surface area contributed by atoms with E-state index in [1.165, 1.54) is 22.3 Å². The van der Waals surface area contributed by atoms with Crippen LogP contribution in [0.15, 0.2) is 42.5 Å². The molecule has 2 aromatic carbocycles. The van der Waals surface area contributed by atoms with Crippen molar-refractivity contribution < 1.29 is 0 Å².